The molecule has 0 spiro atoms. The molecule has 0 bridgehead atoms. The van der Waals surface area contributed by atoms with Crippen LogP contribution in [-0.2, 0) is 26.2 Å². The molecule has 11 heteroatoms. The normalized spacial score (nSPS) is 14.5. The number of benzene rings is 3. The Morgan fingerprint density at radius 3 is 2.28 bits per heavy atom. The second-order valence-electron chi connectivity index (χ2n) is 10.8. The molecular weight excluding hydrogens is 654 g/mol. The Balaban J connectivity index is 1.68. The number of amides is 2. The number of nitrogens with one attached hydrogen (secondary N) is 1. The predicted molar refractivity (Wildman–Crippen MR) is 173 cm³/mol. The predicted octanol–water partition coefficient (Wildman–Crippen LogP) is 6.48. The number of ether oxygens (including phenoxy) is 1. The minimum atomic E-state index is -4.21. The molecule has 0 aliphatic heterocycles. The van der Waals surface area contributed by atoms with E-state index >= 15 is 0 Å². The van der Waals surface area contributed by atoms with Crippen LogP contribution in [0.4, 0.5) is 5.69 Å². The summed E-state index contributed by atoms with van der Waals surface area (Å²) in [5, 5.41) is 3.66. The molecule has 1 fully saturated rings. The molecule has 0 saturated heterocycles. The molecule has 1 aliphatic carbocycles. The Bertz CT molecular complexity index is 1530. The molecule has 3 aromatic rings. The number of halogens is 2. The summed E-state index contributed by atoms with van der Waals surface area (Å²) in [5.74, 6) is -0.306. The molecule has 1 saturated carbocycles. The number of anilines is 1. The summed E-state index contributed by atoms with van der Waals surface area (Å²) in [4.78, 5) is 29.0. The molecule has 2 amide bonds. The Hall–Kier alpha value is -3.08. The SMILES string of the molecule is COc1ccc(S(=O)(=O)N(CC(=O)N(Cc2ccc(Cl)cc2)[C@@H](C)C(=O)NC2CCCCC2)c2ccc(C)cc2)cc1Br. The standard InChI is InChI=1S/C32H37BrClN3O5S/c1-22-9-15-27(16-10-22)37(43(40,41)28-17-18-30(42-3)29(33)19-28)21-31(38)36(20-24-11-13-25(34)14-12-24)23(2)32(39)35-26-7-5-4-6-8-26/h9-19,23,26H,4-8,20-21H2,1-3H3,(H,35,39)/t23-/m0/s1. The summed E-state index contributed by atoms with van der Waals surface area (Å²) in [6.45, 7) is 3.17. The zero-order chi connectivity index (χ0) is 31.1. The lowest BCUT2D eigenvalue weighted by Gasteiger charge is -2.33. The lowest BCUT2D eigenvalue weighted by Crippen LogP contribution is -2.53. The van der Waals surface area contributed by atoms with Gasteiger partial charge in [0.05, 0.1) is 22.2 Å². The van der Waals surface area contributed by atoms with Crippen molar-refractivity contribution in [1.82, 2.24) is 10.2 Å². The van der Waals surface area contributed by atoms with Gasteiger partial charge in [-0.15, -0.1) is 0 Å². The van der Waals surface area contributed by atoms with Crippen molar-refractivity contribution in [2.75, 3.05) is 18.0 Å². The number of hydrogen-bond donors (Lipinski definition) is 1. The fraction of sp³-hybridized carbons (Fsp3) is 0.375. The molecule has 0 unspecified atom stereocenters. The van der Waals surface area contributed by atoms with Gasteiger partial charge >= 0.3 is 0 Å². The summed E-state index contributed by atoms with van der Waals surface area (Å²) >= 11 is 9.46. The zero-order valence-corrected chi connectivity index (χ0v) is 27.7. The lowest BCUT2D eigenvalue weighted by atomic mass is 9.95. The average Bonchev–Trinajstić information content (AvgIpc) is 3.00. The van der Waals surface area contributed by atoms with Crippen LogP contribution in [0, 0.1) is 6.92 Å². The number of sulfonamides is 1. The number of hydrogen-bond acceptors (Lipinski definition) is 5. The molecule has 0 heterocycles. The third kappa shape index (κ3) is 8.31. The third-order valence-electron chi connectivity index (χ3n) is 7.70. The molecule has 0 aromatic heterocycles. The van der Waals surface area contributed by atoms with Crippen molar-refractivity contribution in [1.29, 1.82) is 0 Å². The van der Waals surface area contributed by atoms with Gasteiger partial charge in [-0.3, -0.25) is 13.9 Å². The van der Waals surface area contributed by atoms with Crippen LogP contribution < -0.4 is 14.4 Å². The van der Waals surface area contributed by atoms with Gasteiger partial charge in [0, 0.05) is 17.6 Å². The molecule has 43 heavy (non-hydrogen) atoms. The fourth-order valence-corrected chi connectivity index (χ4v) is 7.37. The highest BCUT2D eigenvalue weighted by molar-refractivity contribution is 9.10. The van der Waals surface area contributed by atoms with E-state index < -0.39 is 28.5 Å². The van der Waals surface area contributed by atoms with Crippen LogP contribution in [0.25, 0.3) is 0 Å². The first-order valence-corrected chi connectivity index (χ1v) is 16.9. The molecule has 0 radical (unpaired) electrons. The Morgan fingerprint density at radius 2 is 1.67 bits per heavy atom. The molecule has 4 rings (SSSR count). The summed E-state index contributed by atoms with van der Waals surface area (Å²) in [7, 11) is -2.72. The highest BCUT2D eigenvalue weighted by Crippen LogP contribution is 2.31. The number of rotatable bonds is 11. The second-order valence-corrected chi connectivity index (χ2v) is 14.0. The number of carbonyl (C=O) groups is 2. The van der Waals surface area contributed by atoms with Crippen molar-refractivity contribution in [2.24, 2.45) is 0 Å². The van der Waals surface area contributed by atoms with E-state index in [9.17, 15) is 18.0 Å². The van der Waals surface area contributed by atoms with E-state index in [-0.39, 0.29) is 23.4 Å². The van der Waals surface area contributed by atoms with E-state index in [2.05, 4.69) is 21.2 Å². The molecular formula is C32H37BrClN3O5S. The minimum Gasteiger partial charge on any atom is -0.496 e. The van der Waals surface area contributed by atoms with Gasteiger partial charge < -0.3 is 15.0 Å². The van der Waals surface area contributed by atoms with Gasteiger partial charge in [0.1, 0.15) is 18.3 Å². The maximum absolute atomic E-state index is 14.1. The molecule has 1 aliphatic rings. The monoisotopic (exact) mass is 689 g/mol. The van der Waals surface area contributed by atoms with Crippen molar-refractivity contribution >= 4 is 55.1 Å². The number of nitrogens with zero attached hydrogens (tertiary/aromatic N) is 2. The molecule has 230 valence electrons. The first-order chi connectivity index (χ1) is 20.5. The van der Waals surface area contributed by atoms with Crippen molar-refractivity contribution in [2.45, 2.75) is 69.5 Å². The van der Waals surface area contributed by atoms with Crippen molar-refractivity contribution in [3.05, 3.63) is 87.4 Å². The maximum atomic E-state index is 14.1. The minimum absolute atomic E-state index is 0.0131. The smallest absolute Gasteiger partial charge is 0.264 e. The van der Waals surface area contributed by atoms with E-state index in [1.807, 2.05) is 6.92 Å². The van der Waals surface area contributed by atoms with E-state index in [1.165, 1.54) is 24.1 Å². The van der Waals surface area contributed by atoms with E-state index in [0.717, 1.165) is 47.5 Å². The highest BCUT2D eigenvalue weighted by atomic mass is 79.9. The first kappa shape index (κ1) is 32.8. The average molecular weight is 691 g/mol. The van der Waals surface area contributed by atoms with Crippen molar-refractivity contribution < 1.29 is 22.7 Å². The molecule has 1 atom stereocenters. The van der Waals surface area contributed by atoms with Crippen molar-refractivity contribution in [3.63, 3.8) is 0 Å². The summed E-state index contributed by atoms with van der Waals surface area (Å²) < 4.78 is 35.0. The Morgan fingerprint density at radius 1 is 1.02 bits per heavy atom. The fourth-order valence-electron chi connectivity index (χ4n) is 5.11. The molecule has 3 aromatic carbocycles. The maximum Gasteiger partial charge on any atom is 0.264 e. The van der Waals surface area contributed by atoms with Gasteiger partial charge in [0.2, 0.25) is 11.8 Å². The topological polar surface area (TPSA) is 96.0 Å². The van der Waals surface area contributed by atoms with Gasteiger partial charge in [-0.05, 0) is 90.6 Å². The van der Waals surface area contributed by atoms with Gasteiger partial charge in [-0.2, -0.15) is 0 Å². The number of carbonyl (C=O) groups excluding carboxylic acids is 2. The van der Waals surface area contributed by atoms with Gasteiger partial charge in [-0.25, -0.2) is 8.42 Å². The number of methoxy groups -OCH3 is 1. The van der Waals surface area contributed by atoms with E-state index in [1.54, 1.807) is 61.5 Å². The summed E-state index contributed by atoms with van der Waals surface area (Å²) in [6, 6.07) is 17.6. The lowest BCUT2D eigenvalue weighted by molar-refractivity contribution is -0.139. The van der Waals surface area contributed by atoms with Crippen LogP contribution in [0.3, 0.4) is 0 Å². The van der Waals surface area contributed by atoms with Crippen LogP contribution in [0.15, 0.2) is 76.1 Å². The first-order valence-electron chi connectivity index (χ1n) is 14.3. The summed E-state index contributed by atoms with van der Waals surface area (Å²) in [6.07, 6.45) is 5.06. The second kappa shape index (κ2) is 14.6. The van der Waals surface area contributed by atoms with E-state index in [0.29, 0.717) is 20.9 Å². The third-order valence-corrected chi connectivity index (χ3v) is 10.3. The van der Waals surface area contributed by atoms with Crippen LogP contribution in [0.2, 0.25) is 5.02 Å². The Kier molecular flexibility index (Phi) is 11.1. The van der Waals surface area contributed by atoms with Gasteiger partial charge in [0.15, 0.2) is 0 Å². The molecule has 1 N–H and O–H groups in total. The van der Waals surface area contributed by atoms with Crippen LogP contribution in [0.1, 0.15) is 50.2 Å². The molecule has 8 nitrogen and oxygen atoms in total. The number of aryl methyl sites for hydroxylation is 1. The van der Waals surface area contributed by atoms with Crippen LogP contribution >= 0.6 is 27.5 Å². The summed E-state index contributed by atoms with van der Waals surface area (Å²) in [5.41, 5.74) is 2.03. The van der Waals surface area contributed by atoms with Crippen molar-refractivity contribution in [3.8, 4) is 5.75 Å². The highest BCUT2D eigenvalue weighted by Gasteiger charge is 2.33. The largest absolute Gasteiger partial charge is 0.496 e. The van der Waals surface area contributed by atoms with Gasteiger partial charge in [0.25, 0.3) is 10.0 Å². The quantitative estimate of drug-likeness (QED) is 0.249. The van der Waals surface area contributed by atoms with Crippen LogP contribution in [-0.4, -0.2) is 50.9 Å². The van der Waals surface area contributed by atoms with Crippen LogP contribution in [0.5, 0.6) is 5.75 Å². The van der Waals surface area contributed by atoms with E-state index in [4.69, 9.17) is 16.3 Å². The van der Waals surface area contributed by atoms with Gasteiger partial charge in [-0.1, -0.05) is 60.7 Å². The Labute approximate surface area is 267 Å². The zero-order valence-electron chi connectivity index (χ0n) is 24.6.